The molecule has 4 rings (SSSR count). The predicted molar refractivity (Wildman–Crippen MR) is 141 cm³/mol. The van der Waals surface area contributed by atoms with Crippen LogP contribution in [-0.2, 0) is 25.7 Å². The van der Waals surface area contributed by atoms with Crippen LogP contribution in [0.15, 0.2) is 59.2 Å². The lowest BCUT2D eigenvalue weighted by Crippen LogP contribution is -2.36. The molecule has 37 heavy (non-hydrogen) atoms. The number of carbonyl (C=O) groups excluding carboxylic acids is 2. The van der Waals surface area contributed by atoms with Crippen LogP contribution in [0.2, 0.25) is 10.0 Å². The molecule has 2 N–H and O–H groups in total. The summed E-state index contributed by atoms with van der Waals surface area (Å²) in [6.45, 7) is 5.95. The molecule has 0 bridgehead atoms. The molecule has 0 amide bonds. The largest absolute Gasteiger partial charge is 0.493 e. The van der Waals surface area contributed by atoms with Crippen LogP contribution >= 0.6 is 23.2 Å². The Labute approximate surface area is 226 Å². The Bertz CT molecular complexity index is 1310. The number of allylic oxidation sites excluding steroid dienone is 2. The number of rotatable bonds is 7. The number of ether oxygens (including phenoxy) is 4. The Morgan fingerprint density at radius 1 is 1.16 bits per heavy atom. The van der Waals surface area contributed by atoms with E-state index >= 15 is 0 Å². The summed E-state index contributed by atoms with van der Waals surface area (Å²) in [5, 5.41) is 0.835. The number of esters is 1. The van der Waals surface area contributed by atoms with E-state index in [0.717, 1.165) is 5.56 Å². The van der Waals surface area contributed by atoms with E-state index in [0.29, 0.717) is 51.3 Å². The van der Waals surface area contributed by atoms with Crippen LogP contribution in [0, 0.1) is 5.41 Å². The molecule has 1 heterocycles. The van der Waals surface area contributed by atoms with Gasteiger partial charge in [-0.2, -0.15) is 0 Å². The van der Waals surface area contributed by atoms with Crippen molar-refractivity contribution in [3.8, 4) is 11.5 Å². The van der Waals surface area contributed by atoms with E-state index in [9.17, 15) is 9.59 Å². The first kappa shape index (κ1) is 26.9. The minimum Gasteiger partial charge on any atom is -0.493 e. The van der Waals surface area contributed by atoms with Crippen molar-refractivity contribution < 1.29 is 28.5 Å². The normalized spacial score (nSPS) is 18.8. The number of hydrogen-bond acceptors (Lipinski definition) is 7. The molecule has 0 radical (unpaired) electrons. The van der Waals surface area contributed by atoms with Gasteiger partial charge in [0.15, 0.2) is 17.3 Å². The number of halogens is 2. The monoisotopic (exact) mass is 545 g/mol. The average Bonchev–Trinajstić information content (AvgIpc) is 2.83. The maximum absolute atomic E-state index is 13.5. The van der Waals surface area contributed by atoms with Gasteiger partial charge in [-0.1, -0.05) is 55.2 Å². The van der Waals surface area contributed by atoms with Gasteiger partial charge in [-0.25, -0.2) is 4.79 Å². The SMILES string of the molecule is CCOC(=O)C1=C(N)OC2=C(C(=O)CC(C)(C)C2)C1c1cccc(OC)c1OCc1ccc(Cl)c(Cl)c1. The molecule has 1 aliphatic heterocycles. The lowest BCUT2D eigenvalue weighted by atomic mass is 9.70. The molecular formula is C28H29Cl2NO6. The molecule has 1 aliphatic carbocycles. The molecule has 0 fully saturated rings. The number of benzene rings is 2. The molecule has 7 nitrogen and oxygen atoms in total. The summed E-state index contributed by atoms with van der Waals surface area (Å²) in [5.41, 5.74) is 7.74. The van der Waals surface area contributed by atoms with Crippen LogP contribution in [0.5, 0.6) is 11.5 Å². The first-order valence-electron chi connectivity index (χ1n) is 11.9. The molecular weight excluding hydrogens is 517 g/mol. The van der Waals surface area contributed by atoms with Gasteiger partial charge in [0.2, 0.25) is 5.88 Å². The highest BCUT2D eigenvalue weighted by Crippen LogP contribution is 2.51. The molecule has 0 spiro atoms. The van der Waals surface area contributed by atoms with Crippen molar-refractivity contribution in [2.45, 2.75) is 46.1 Å². The number of ketones is 1. The molecule has 0 aromatic heterocycles. The zero-order chi connectivity index (χ0) is 26.9. The van der Waals surface area contributed by atoms with Crippen molar-refractivity contribution >= 4 is 35.0 Å². The number of methoxy groups -OCH3 is 1. The number of hydrogen-bond donors (Lipinski definition) is 1. The van der Waals surface area contributed by atoms with E-state index in [-0.39, 0.29) is 35.9 Å². The minimum atomic E-state index is -0.856. The second-order valence-corrected chi connectivity index (χ2v) is 10.5. The maximum atomic E-state index is 13.5. The van der Waals surface area contributed by atoms with Crippen LogP contribution in [0.3, 0.4) is 0 Å². The average molecular weight is 546 g/mol. The summed E-state index contributed by atoms with van der Waals surface area (Å²) in [6, 6.07) is 10.5. The van der Waals surface area contributed by atoms with Crippen molar-refractivity contribution in [1.29, 1.82) is 0 Å². The zero-order valence-corrected chi connectivity index (χ0v) is 22.7. The highest BCUT2D eigenvalue weighted by Gasteiger charge is 2.46. The Kier molecular flexibility index (Phi) is 7.76. The van der Waals surface area contributed by atoms with Crippen LogP contribution in [0.25, 0.3) is 0 Å². The summed E-state index contributed by atoms with van der Waals surface area (Å²) in [6.07, 6.45) is 0.788. The van der Waals surface area contributed by atoms with E-state index < -0.39 is 11.9 Å². The van der Waals surface area contributed by atoms with Gasteiger partial charge in [-0.05, 0) is 36.1 Å². The molecule has 0 saturated heterocycles. The van der Waals surface area contributed by atoms with Gasteiger partial charge in [0.25, 0.3) is 0 Å². The number of para-hydroxylation sites is 1. The second-order valence-electron chi connectivity index (χ2n) is 9.73. The third-order valence-corrected chi connectivity index (χ3v) is 7.10. The molecule has 2 aliphatic rings. The van der Waals surface area contributed by atoms with Crippen molar-refractivity contribution in [3.63, 3.8) is 0 Å². The molecule has 2 aromatic rings. The van der Waals surface area contributed by atoms with E-state index in [2.05, 4.69) is 0 Å². The van der Waals surface area contributed by atoms with Crippen LogP contribution < -0.4 is 15.2 Å². The number of carbonyl (C=O) groups is 2. The second kappa shape index (κ2) is 10.7. The number of Topliss-reactive ketones (excluding diaryl/α,β-unsaturated/α-hetero) is 1. The van der Waals surface area contributed by atoms with E-state index in [4.69, 9.17) is 47.9 Å². The van der Waals surface area contributed by atoms with Crippen LogP contribution in [0.4, 0.5) is 0 Å². The molecule has 9 heteroatoms. The van der Waals surface area contributed by atoms with Crippen molar-refractivity contribution in [1.82, 2.24) is 0 Å². The van der Waals surface area contributed by atoms with E-state index in [1.165, 1.54) is 7.11 Å². The molecule has 196 valence electrons. The maximum Gasteiger partial charge on any atom is 0.340 e. The summed E-state index contributed by atoms with van der Waals surface area (Å²) >= 11 is 12.2. The van der Waals surface area contributed by atoms with Gasteiger partial charge < -0.3 is 24.7 Å². The third kappa shape index (κ3) is 5.43. The van der Waals surface area contributed by atoms with Gasteiger partial charge in [0.05, 0.1) is 29.7 Å². The summed E-state index contributed by atoms with van der Waals surface area (Å²) in [7, 11) is 1.52. The summed E-state index contributed by atoms with van der Waals surface area (Å²) in [4.78, 5) is 26.7. The summed E-state index contributed by atoms with van der Waals surface area (Å²) < 4.78 is 23.1. The first-order chi connectivity index (χ1) is 17.6. The van der Waals surface area contributed by atoms with Crippen molar-refractivity contribution in [2.24, 2.45) is 11.1 Å². The highest BCUT2D eigenvalue weighted by atomic mass is 35.5. The Morgan fingerprint density at radius 3 is 2.59 bits per heavy atom. The van der Waals surface area contributed by atoms with Crippen LogP contribution in [-0.4, -0.2) is 25.5 Å². The highest BCUT2D eigenvalue weighted by molar-refractivity contribution is 6.42. The first-order valence-corrected chi connectivity index (χ1v) is 12.7. The molecule has 1 unspecified atom stereocenters. The van der Waals surface area contributed by atoms with Gasteiger partial charge in [-0.15, -0.1) is 0 Å². The van der Waals surface area contributed by atoms with Gasteiger partial charge >= 0.3 is 5.97 Å². The fraction of sp³-hybridized carbons (Fsp3) is 0.357. The van der Waals surface area contributed by atoms with Gasteiger partial charge in [0, 0.05) is 24.0 Å². The zero-order valence-electron chi connectivity index (χ0n) is 21.2. The summed E-state index contributed by atoms with van der Waals surface area (Å²) in [5.74, 6) is -0.485. The van der Waals surface area contributed by atoms with Crippen molar-refractivity contribution in [2.75, 3.05) is 13.7 Å². The smallest absolute Gasteiger partial charge is 0.340 e. The standard InChI is InChI=1S/C28H29Cl2NO6/c1-5-35-27(33)24-22(23-19(32)12-28(2,3)13-21(23)37-26(24)31)16-7-6-8-20(34-4)25(16)36-14-15-9-10-17(29)18(30)11-15/h6-11,22H,5,12-14,31H2,1-4H3. The quantitative estimate of drug-likeness (QED) is 0.421. The van der Waals surface area contributed by atoms with Crippen molar-refractivity contribution in [3.05, 3.63) is 80.4 Å². The Hall–Kier alpha value is -3.16. The van der Waals surface area contributed by atoms with E-state index in [1.54, 1.807) is 43.3 Å². The fourth-order valence-electron chi connectivity index (χ4n) is 4.76. The molecule has 0 saturated carbocycles. The Balaban J connectivity index is 1.86. The molecule has 2 aromatic carbocycles. The topological polar surface area (TPSA) is 97.1 Å². The third-order valence-electron chi connectivity index (χ3n) is 6.36. The lowest BCUT2D eigenvalue weighted by molar-refractivity contribution is -0.139. The number of nitrogens with two attached hydrogens (primary N) is 1. The fourth-order valence-corrected chi connectivity index (χ4v) is 5.08. The Morgan fingerprint density at radius 2 is 1.92 bits per heavy atom. The van der Waals surface area contributed by atoms with Gasteiger partial charge in [-0.3, -0.25) is 4.79 Å². The minimum absolute atomic E-state index is 0.0568. The van der Waals surface area contributed by atoms with E-state index in [1.807, 2.05) is 13.8 Å². The molecule has 1 atom stereocenters. The lowest BCUT2D eigenvalue weighted by Gasteiger charge is -2.38. The predicted octanol–water partition coefficient (Wildman–Crippen LogP) is 6.07. The van der Waals surface area contributed by atoms with Crippen LogP contribution in [0.1, 0.15) is 50.7 Å². The van der Waals surface area contributed by atoms with Gasteiger partial charge in [0.1, 0.15) is 17.9 Å².